The molecule has 0 aliphatic rings. The van der Waals surface area contributed by atoms with Gasteiger partial charge in [0.1, 0.15) is 5.82 Å². The van der Waals surface area contributed by atoms with Gasteiger partial charge < -0.3 is 11.1 Å². The van der Waals surface area contributed by atoms with E-state index in [1.54, 1.807) is 12.1 Å². The molecule has 1 aromatic heterocycles. The summed E-state index contributed by atoms with van der Waals surface area (Å²) < 4.78 is 31.3. The number of halogens is 3. The number of aromatic nitrogens is 2. The van der Waals surface area contributed by atoms with E-state index in [-0.39, 0.29) is 10.7 Å². The number of anilines is 3. The molecular weight excluding hydrogens is 290 g/mol. The highest BCUT2D eigenvalue weighted by atomic mass is 35.5. The van der Waals surface area contributed by atoms with Crippen LogP contribution in [0.2, 0.25) is 5.02 Å². The van der Waals surface area contributed by atoms with Crippen molar-refractivity contribution < 1.29 is 13.4 Å². The minimum absolute atomic E-state index is 0.0675. The SMILES string of the molecule is Nc1ccc(Nc2c(F)cc(F)cc2Cl)c2nonc12. The molecule has 0 radical (unpaired) electrons. The summed E-state index contributed by atoms with van der Waals surface area (Å²) in [5, 5.41) is 9.96. The summed E-state index contributed by atoms with van der Waals surface area (Å²) in [7, 11) is 0. The minimum atomic E-state index is -0.823. The third-order valence-electron chi connectivity index (χ3n) is 2.71. The highest BCUT2D eigenvalue weighted by Crippen LogP contribution is 2.33. The van der Waals surface area contributed by atoms with E-state index in [2.05, 4.69) is 20.3 Å². The van der Waals surface area contributed by atoms with E-state index >= 15 is 0 Å². The third-order valence-corrected chi connectivity index (χ3v) is 3.01. The topological polar surface area (TPSA) is 77.0 Å². The number of fused-ring (bicyclic) bond motifs is 1. The minimum Gasteiger partial charge on any atom is -0.397 e. The lowest BCUT2D eigenvalue weighted by Crippen LogP contribution is -1.98. The maximum atomic E-state index is 13.7. The van der Waals surface area contributed by atoms with Crippen molar-refractivity contribution in [2.45, 2.75) is 0 Å². The lowest BCUT2D eigenvalue weighted by atomic mass is 10.2. The number of nitrogens with one attached hydrogen (secondary N) is 1. The number of nitrogens with zero attached hydrogens (tertiary/aromatic N) is 2. The van der Waals surface area contributed by atoms with Gasteiger partial charge in [-0.2, -0.15) is 0 Å². The summed E-state index contributed by atoms with van der Waals surface area (Å²) in [6, 6.07) is 4.86. The Morgan fingerprint density at radius 3 is 2.65 bits per heavy atom. The zero-order chi connectivity index (χ0) is 14.3. The summed E-state index contributed by atoms with van der Waals surface area (Å²) in [4.78, 5) is 0. The van der Waals surface area contributed by atoms with Gasteiger partial charge in [0.2, 0.25) is 0 Å². The first-order valence-electron chi connectivity index (χ1n) is 5.48. The molecule has 2 aromatic carbocycles. The first-order valence-corrected chi connectivity index (χ1v) is 5.86. The van der Waals surface area contributed by atoms with E-state index in [1.165, 1.54) is 0 Å². The van der Waals surface area contributed by atoms with Crippen LogP contribution in [-0.2, 0) is 0 Å². The van der Waals surface area contributed by atoms with Gasteiger partial charge in [-0.25, -0.2) is 13.4 Å². The second kappa shape index (κ2) is 4.61. The second-order valence-electron chi connectivity index (χ2n) is 4.03. The Morgan fingerprint density at radius 2 is 1.90 bits per heavy atom. The molecule has 20 heavy (non-hydrogen) atoms. The van der Waals surface area contributed by atoms with Crippen LogP contribution >= 0.6 is 11.6 Å². The normalized spacial score (nSPS) is 10.9. The van der Waals surface area contributed by atoms with Crippen molar-refractivity contribution >= 4 is 39.7 Å². The fourth-order valence-electron chi connectivity index (χ4n) is 1.78. The fourth-order valence-corrected chi connectivity index (χ4v) is 2.02. The quantitative estimate of drug-likeness (QED) is 0.708. The monoisotopic (exact) mass is 296 g/mol. The number of nitrogens with two attached hydrogens (primary N) is 1. The first kappa shape index (κ1) is 12.6. The maximum absolute atomic E-state index is 13.7. The Bertz CT molecular complexity index is 782. The largest absolute Gasteiger partial charge is 0.397 e. The van der Waals surface area contributed by atoms with Gasteiger partial charge in [0, 0.05) is 6.07 Å². The van der Waals surface area contributed by atoms with Crippen molar-refractivity contribution in [3.8, 4) is 0 Å². The molecule has 0 fully saturated rings. The van der Waals surface area contributed by atoms with Crippen molar-refractivity contribution in [1.82, 2.24) is 10.3 Å². The fraction of sp³-hybridized carbons (Fsp3) is 0. The molecule has 8 heteroatoms. The second-order valence-corrected chi connectivity index (χ2v) is 4.44. The van der Waals surface area contributed by atoms with Gasteiger partial charge in [-0.3, -0.25) is 0 Å². The number of rotatable bonds is 2. The van der Waals surface area contributed by atoms with Crippen molar-refractivity contribution in [3.63, 3.8) is 0 Å². The Balaban J connectivity index is 2.11. The summed E-state index contributed by atoms with van der Waals surface area (Å²) in [5.41, 5.74) is 7.06. The van der Waals surface area contributed by atoms with E-state index in [0.717, 1.165) is 12.1 Å². The highest BCUT2D eigenvalue weighted by molar-refractivity contribution is 6.33. The van der Waals surface area contributed by atoms with Crippen molar-refractivity contribution in [2.24, 2.45) is 0 Å². The molecule has 0 amide bonds. The van der Waals surface area contributed by atoms with Gasteiger partial charge in [0.05, 0.1) is 22.1 Å². The summed E-state index contributed by atoms with van der Waals surface area (Å²) in [5.74, 6) is -1.58. The molecule has 0 aliphatic carbocycles. The molecule has 0 spiro atoms. The third kappa shape index (κ3) is 2.01. The molecule has 0 unspecified atom stereocenters. The maximum Gasteiger partial charge on any atom is 0.160 e. The van der Waals surface area contributed by atoms with Crippen molar-refractivity contribution in [1.29, 1.82) is 0 Å². The van der Waals surface area contributed by atoms with Gasteiger partial charge in [-0.1, -0.05) is 11.6 Å². The van der Waals surface area contributed by atoms with E-state index in [4.69, 9.17) is 17.3 Å². The highest BCUT2D eigenvalue weighted by Gasteiger charge is 2.14. The zero-order valence-corrected chi connectivity index (χ0v) is 10.6. The standard InChI is InChI=1S/C12H7ClF2N4O/c13-6-3-5(14)4-7(15)10(6)17-9-2-1-8(16)11-12(9)19-20-18-11/h1-4,17H,16H2. The Morgan fingerprint density at radius 1 is 1.15 bits per heavy atom. The van der Waals surface area contributed by atoms with Gasteiger partial charge in [0.15, 0.2) is 16.9 Å². The van der Waals surface area contributed by atoms with Crippen molar-refractivity contribution in [2.75, 3.05) is 11.1 Å². The van der Waals surface area contributed by atoms with Crippen LogP contribution in [-0.4, -0.2) is 10.3 Å². The molecule has 0 aliphatic heterocycles. The van der Waals surface area contributed by atoms with Crippen LogP contribution in [0.3, 0.4) is 0 Å². The van der Waals surface area contributed by atoms with Crippen molar-refractivity contribution in [3.05, 3.63) is 40.9 Å². The number of hydrogen-bond donors (Lipinski definition) is 2. The first-order chi connectivity index (χ1) is 9.56. The zero-order valence-electron chi connectivity index (χ0n) is 9.82. The number of hydrogen-bond acceptors (Lipinski definition) is 5. The predicted molar refractivity (Wildman–Crippen MR) is 70.9 cm³/mol. The molecular formula is C12H7ClF2N4O. The lowest BCUT2D eigenvalue weighted by Gasteiger charge is -2.10. The lowest BCUT2D eigenvalue weighted by molar-refractivity contribution is 0.316. The molecule has 0 saturated carbocycles. The molecule has 0 atom stereocenters. The van der Waals surface area contributed by atoms with Crippen LogP contribution in [0.5, 0.6) is 0 Å². The average Bonchev–Trinajstić information content (AvgIpc) is 2.86. The average molecular weight is 297 g/mol. The molecule has 5 nitrogen and oxygen atoms in total. The predicted octanol–water partition coefficient (Wildman–Crippen LogP) is 3.48. The van der Waals surface area contributed by atoms with Gasteiger partial charge in [0.25, 0.3) is 0 Å². The molecule has 3 rings (SSSR count). The molecule has 1 heterocycles. The Hall–Kier alpha value is -2.41. The van der Waals surface area contributed by atoms with E-state index < -0.39 is 11.6 Å². The molecule has 0 bridgehead atoms. The van der Waals surface area contributed by atoms with Crippen LogP contribution in [0.15, 0.2) is 28.9 Å². The smallest absolute Gasteiger partial charge is 0.160 e. The number of nitrogen functional groups attached to an aromatic ring is 1. The Labute approximate surface area is 116 Å². The summed E-state index contributed by atoms with van der Waals surface area (Å²) in [6.45, 7) is 0. The van der Waals surface area contributed by atoms with Crippen LogP contribution in [0.25, 0.3) is 11.0 Å². The Kier molecular flexibility index (Phi) is 2.90. The molecule has 3 N–H and O–H groups in total. The van der Waals surface area contributed by atoms with Crippen LogP contribution < -0.4 is 11.1 Å². The van der Waals surface area contributed by atoms with Gasteiger partial charge in [-0.15, -0.1) is 0 Å². The van der Waals surface area contributed by atoms with Crippen LogP contribution in [0.4, 0.5) is 25.8 Å². The van der Waals surface area contributed by atoms with E-state index in [9.17, 15) is 8.78 Å². The summed E-state index contributed by atoms with van der Waals surface area (Å²) >= 11 is 5.81. The van der Waals surface area contributed by atoms with E-state index in [0.29, 0.717) is 22.4 Å². The van der Waals surface area contributed by atoms with Gasteiger partial charge in [-0.05, 0) is 28.5 Å². The number of benzene rings is 2. The summed E-state index contributed by atoms with van der Waals surface area (Å²) in [6.07, 6.45) is 0. The van der Waals surface area contributed by atoms with E-state index in [1.807, 2.05) is 0 Å². The van der Waals surface area contributed by atoms with Gasteiger partial charge >= 0.3 is 0 Å². The molecule has 0 saturated heterocycles. The van der Waals surface area contributed by atoms with Crippen LogP contribution in [0, 0.1) is 11.6 Å². The molecule has 102 valence electrons. The molecule has 3 aromatic rings. The van der Waals surface area contributed by atoms with Crippen LogP contribution in [0.1, 0.15) is 0 Å².